The zero-order chi connectivity index (χ0) is 17.2. The maximum Gasteiger partial charge on any atom is 0.229 e. The molecule has 1 saturated heterocycles. The first-order valence-electron chi connectivity index (χ1n) is 8.03. The quantitative estimate of drug-likeness (QED) is 0.697. The largest absolute Gasteiger partial charge is 0.354 e. The molecule has 9 heteroatoms. The number of hydrogen-bond donors (Lipinski definition) is 2. The third-order valence-corrected chi connectivity index (χ3v) is 4.43. The van der Waals surface area contributed by atoms with Crippen LogP contribution in [0.5, 0.6) is 0 Å². The van der Waals surface area contributed by atoms with Crippen molar-refractivity contribution in [1.29, 1.82) is 0 Å². The number of rotatable bonds is 3. The van der Waals surface area contributed by atoms with Crippen LogP contribution in [0.15, 0.2) is 30.9 Å². The first-order chi connectivity index (χ1) is 12.2. The van der Waals surface area contributed by atoms with Gasteiger partial charge in [0.15, 0.2) is 11.5 Å². The highest BCUT2D eigenvalue weighted by atomic mass is 35.5. The molecule has 1 fully saturated rings. The normalized spacial score (nSPS) is 17.6. The van der Waals surface area contributed by atoms with E-state index in [-0.39, 0.29) is 17.1 Å². The summed E-state index contributed by atoms with van der Waals surface area (Å²) in [6.45, 7) is 1.37. The van der Waals surface area contributed by atoms with Crippen LogP contribution in [0.3, 0.4) is 0 Å². The number of aromatic amines is 1. The van der Waals surface area contributed by atoms with Gasteiger partial charge in [-0.1, -0.05) is 0 Å². The standard InChI is InChI=1S/C16H16ClN7O/c17-16-22-13-12(19-9-20-13)14(23-16)24-6-2-3-10(8-24)15(25)21-11-4-1-5-18-7-11/h1,4-5,7,9-10H,2-3,6,8H2,(H,21,25)(H,19,20,22,23). The predicted molar refractivity (Wildman–Crippen MR) is 94.5 cm³/mol. The highest BCUT2D eigenvalue weighted by Gasteiger charge is 2.28. The Labute approximate surface area is 148 Å². The summed E-state index contributed by atoms with van der Waals surface area (Å²) < 4.78 is 0. The second kappa shape index (κ2) is 6.64. The van der Waals surface area contributed by atoms with Crippen molar-refractivity contribution < 1.29 is 4.79 Å². The predicted octanol–water partition coefficient (Wildman–Crippen LogP) is 2.26. The maximum absolute atomic E-state index is 12.6. The molecule has 0 spiro atoms. The molecule has 3 aromatic rings. The number of amides is 1. The molecule has 0 bridgehead atoms. The van der Waals surface area contributed by atoms with E-state index in [0.29, 0.717) is 23.7 Å². The average Bonchev–Trinajstić information content (AvgIpc) is 3.10. The van der Waals surface area contributed by atoms with Crippen LogP contribution in [0.25, 0.3) is 11.2 Å². The van der Waals surface area contributed by atoms with Crippen molar-refractivity contribution in [3.8, 4) is 0 Å². The summed E-state index contributed by atoms with van der Waals surface area (Å²) in [6.07, 6.45) is 6.59. The number of halogens is 1. The van der Waals surface area contributed by atoms with Crippen LogP contribution in [-0.4, -0.2) is 43.9 Å². The zero-order valence-corrected chi connectivity index (χ0v) is 14.1. The van der Waals surface area contributed by atoms with Crippen LogP contribution in [0.4, 0.5) is 11.5 Å². The molecule has 1 amide bonds. The first-order valence-corrected chi connectivity index (χ1v) is 8.41. The molecule has 1 aliphatic rings. The van der Waals surface area contributed by atoms with E-state index in [4.69, 9.17) is 11.6 Å². The molecule has 3 aromatic heterocycles. The van der Waals surface area contributed by atoms with Crippen molar-refractivity contribution in [2.24, 2.45) is 5.92 Å². The van der Waals surface area contributed by atoms with Crippen LogP contribution < -0.4 is 10.2 Å². The molecule has 0 aliphatic carbocycles. The zero-order valence-electron chi connectivity index (χ0n) is 13.3. The van der Waals surface area contributed by atoms with Gasteiger partial charge in [0.25, 0.3) is 0 Å². The summed E-state index contributed by atoms with van der Waals surface area (Å²) in [5, 5.41) is 3.07. The van der Waals surface area contributed by atoms with E-state index in [0.717, 1.165) is 24.9 Å². The summed E-state index contributed by atoms with van der Waals surface area (Å²) in [6, 6.07) is 3.62. The van der Waals surface area contributed by atoms with Crippen LogP contribution in [0, 0.1) is 5.92 Å². The number of aromatic nitrogens is 5. The Hall–Kier alpha value is -2.74. The topological polar surface area (TPSA) is 99.7 Å². The number of pyridine rings is 1. The number of fused-ring (bicyclic) bond motifs is 1. The van der Waals surface area contributed by atoms with E-state index >= 15 is 0 Å². The monoisotopic (exact) mass is 357 g/mol. The minimum Gasteiger partial charge on any atom is -0.354 e. The van der Waals surface area contributed by atoms with Crippen LogP contribution in [0.1, 0.15) is 12.8 Å². The Morgan fingerprint density at radius 3 is 3.16 bits per heavy atom. The highest BCUT2D eigenvalue weighted by Crippen LogP contribution is 2.28. The molecule has 0 saturated carbocycles. The summed E-state index contributed by atoms with van der Waals surface area (Å²) in [7, 11) is 0. The molecule has 1 unspecified atom stereocenters. The number of nitrogens with zero attached hydrogens (tertiary/aromatic N) is 5. The molecule has 4 heterocycles. The maximum atomic E-state index is 12.6. The summed E-state index contributed by atoms with van der Waals surface area (Å²) in [4.78, 5) is 34.3. The lowest BCUT2D eigenvalue weighted by Crippen LogP contribution is -2.41. The lowest BCUT2D eigenvalue weighted by Gasteiger charge is -2.32. The number of carbonyl (C=O) groups excluding carboxylic acids is 1. The second-order valence-electron chi connectivity index (χ2n) is 5.93. The Morgan fingerprint density at radius 1 is 1.40 bits per heavy atom. The number of carbonyl (C=O) groups is 1. The van der Waals surface area contributed by atoms with Crippen molar-refractivity contribution in [3.63, 3.8) is 0 Å². The number of hydrogen-bond acceptors (Lipinski definition) is 6. The van der Waals surface area contributed by atoms with E-state index < -0.39 is 0 Å². The molecule has 1 atom stereocenters. The van der Waals surface area contributed by atoms with E-state index in [2.05, 4.69) is 35.1 Å². The van der Waals surface area contributed by atoms with Crippen LogP contribution in [-0.2, 0) is 4.79 Å². The van der Waals surface area contributed by atoms with Crippen molar-refractivity contribution in [3.05, 3.63) is 36.1 Å². The molecule has 0 aromatic carbocycles. The number of piperidine rings is 1. The Kier molecular flexibility index (Phi) is 4.19. The molecule has 4 rings (SSSR count). The Balaban J connectivity index is 1.54. The fraction of sp³-hybridized carbons (Fsp3) is 0.312. The van der Waals surface area contributed by atoms with E-state index in [1.54, 1.807) is 24.8 Å². The highest BCUT2D eigenvalue weighted by molar-refractivity contribution is 6.28. The van der Waals surface area contributed by atoms with Gasteiger partial charge < -0.3 is 15.2 Å². The van der Waals surface area contributed by atoms with Crippen molar-refractivity contribution in [2.75, 3.05) is 23.3 Å². The lowest BCUT2D eigenvalue weighted by molar-refractivity contribution is -0.120. The van der Waals surface area contributed by atoms with Gasteiger partial charge in [0.1, 0.15) is 5.52 Å². The molecule has 25 heavy (non-hydrogen) atoms. The average molecular weight is 358 g/mol. The van der Waals surface area contributed by atoms with Gasteiger partial charge in [0.2, 0.25) is 11.2 Å². The number of H-pyrrole nitrogens is 1. The van der Waals surface area contributed by atoms with Gasteiger partial charge in [0.05, 0.1) is 24.1 Å². The lowest BCUT2D eigenvalue weighted by atomic mass is 9.97. The van der Waals surface area contributed by atoms with Gasteiger partial charge in [0, 0.05) is 19.3 Å². The smallest absolute Gasteiger partial charge is 0.229 e. The molecular formula is C16H16ClN7O. The minimum atomic E-state index is -0.138. The van der Waals surface area contributed by atoms with Gasteiger partial charge in [-0.2, -0.15) is 9.97 Å². The SMILES string of the molecule is O=C(Nc1cccnc1)C1CCCN(c2nc(Cl)nc3nc[nH]c23)C1. The molecule has 0 radical (unpaired) electrons. The Morgan fingerprint density at radius 2 is 2.32 bits per heavy atom. The van der Waals surface area contributed by atoms with Gasteiger partial charge >= 0.3 is 0 Å². The van der Waals surface area contributed by atoms with Crippen molar-refractivity contribution in [1.82, 2.24) is 24.9 Å². The third-order valence-electron chi connectivity index (χ3n) is 4.26. The molecule has 128 valence electrons. The van der Waals surface area contributed by atoms with Crippen molar-refractivity contribution in [2.45, 2.75) is 12.8 Å². The summed E-state index contributed by atoms with van der Waals surface area (Å²) >= 11 is 6.02. The van der Waals surface area contributed by atoms with Crippen LogP contribution in [0.2, 0.25) is 5.28 Å². The summed E-state index contributed by atoms with van der Waals surface area (Å²) in [5.41, 5.74) is 1.96. The third kappa shape index (κ3) is 3.25. The van der Waals surface area contributed by atoms with Gasteiger partial charge in [-0.3, -0.25) is 9.78 Å². The van der Waals surface area contributed by atoms with E-state index in [1.807, 2.05) is 6.07 Å². The molecule has 1 aliphatic heterocycles. The van der Waals surface area contributed by atoms with Gasteiger partial charge in [-0.25, -0.2) is 4.98 Å². The van der Waals surface area contributed by atoms with Crippen LogP contribution >= 0.6 is 11.6 Å². The van der Waals surface area contributed by atoms with Gasteiger partial charge in [-0.15, -0.1) is 0 Å². The fourth-order valence-corrected chi connectivity index (χ4v) is 3.25. The minimum absolute atomic E-state index is 0.0151. The number of anilines is 2. The Bertz CT molecular complexity index is 898. The van der Waals surface area contributed by atoms with E-state index in [9.17, 15) is 4.79 Å². The summed E-state index contributed by atoms with van der Waals surface area (Å²) in [5.74, 6) is 0.533. The number of nitrogens with one attached hydrogen (secondary N) is 2. The molecule has 8 nitrogen and oxygen atoms in total. The molecular weight excluding hydrogens is 342 g/mol. The second-order valence-corrected chi connectivity index (χ2v) is 6.27. The van der Waals surface area contributed by atoms with Gasteiger partial charge in [-0.05, 0) is 36.6 Å². The van der Waals surface area contributed by atoms with E-state index in [1.165, 1.54) is 0 Å². The van der Waals surface area contributed by atoms with Crippen molar-refractivity contribution >= 4 is 40.2 Å². The number of imidazole rings is 1. The molecule has 2 N–H and O–H groups in total. The first kappa shape index (κ1) is 15.8. The fourth-order valence-electron chi connectivity index (χ4n) is 3.09.